The molecule has 2 aromatic carbocycles. The van der Waals surface area contributed by atoms with Gasteiger partial charge in [-0.15, -0.1) is 0 Å². The fraction of sp³-hybridized carbons (Fsp3) is 0.250. The molecule has 0 fully saturated rings. The molecule has 0 aliphatic heterocycles. The Labute approximate surface area is 123 Å². The molecule has 4 heteroatoms. The van der Waals surface area contributed by atoms with E-state index >= 15 is 0 Å². The molecule has 1 N–H and O–H groups in total. The van der Waals surface area contributed by atoms with E-state index in [-0.39, 0.29) is 11.9 Å². The highest BCUT2D eigenvalue weighted by Crippen LogP contribution is 2.23. The van der Waals surface area contributed by atoms with Gasteiger partial charge in [-0.05, 0) is 24.6 Å². The first-order valence-electron chi connectivity index (χ1n) is 6.42. The first-order chi connectivity index (χ1) is 9.61. The normalized spacial score (nSPS) is 12.2. The Morgan fingerprint density at radius 2 is 2.00 bits per heavy atom. The largest absolute Gasteiger partial charge is 0.497 e. The molecule has 0 amide bonds. The van der Waals surface area contributed by atoms with Crippen LogP contribution in [-0.4, -0.2) is 7.11 Å². The number of halogens is 2. The molecule has 0 saturated heterocycles. The molecule has 106 valence electrons. The van der Waals surface area contributed by atoms with E-state index in [4.69, 9.17) is 16.3 Å². The molecule has 1 atom stereocenters. The van der Waals surface area contributed by atoms with Crippen LogP contribution in [-0.2, 0) is 6.54 Å². The third-order valence-electron chi connectivity index (χ3n) is 3.23. The summed E-state index contributed by atoms with van der Waals surface area (Å²) in [7, 11) is 1.52. The molecule has 0 heterocycles. The van der Waals surface area contributed by atoms with E-state index in [1.807, 2.05) is 31.2 Å². The minimum Gasteiger partial charge on any atom is -0.497 e. The number of ether oxygens (including phenoxy) is 1. The number of hydrogen-bond donors (Lipinski definition) is 1. The van der Waals surface area contributed by atoms with Crippen LogP contribution in [0.25, 0.3) is 0 Å². The van der Waals surface area contributed by atoms with Crippen LogP contribution in [0.4, 0.5) is 4.39 Å². The van der Waals surface area contributed by atoms with E-state index in [1.54, 1.807) is 12.1 Å². The van der Waals surface area contributed by atoms with Crippen molar-refractivity contribution < 1.29 is 9.13 Å². The van der Waals surface area contributed by atoms with Gasteiger partial charge in [-0.25, -0.2) is 4.39 Å². The highest BCUT2D eigenvalue weighted by atomic mass is 35.5. The lowest BCUT2D eigenvalue weighted by Gasteiger charge is -2.16. The van der Waals surface area contributed by atoms with Gasteiger partial charge in [-0.1, -0.05) is 35.9 Å². The lowest BCUT2D eigenvalue weighted by atomic mass is 10.1. The van der Waals surface area contributed by atoms with Gasteiger partial charge in [0.2, 0.25) is 0 Å². The molecule has 0 radical (unpaired) electrons. The molecule has 0 unspecified atom stereocenters. The van der Waals surface area contributed by atoms with Crippen LogP contribution in [0.3, 0.4) is 0 Å². The second kappa shape index (κ2) is 6.73. The van der Waals surface area contributed by atoms with Crippen molar-refractivity contribution in [2.75, 3.05) is 7.11 Å². The Morgan fingerprint density at radius 1 is 1.25 bits per heavy atom. The SMILES string of the molecule is COc1ccc(CN[C@@H](C)c2ccccc2Cl)c(F)c1. The predicted octanol–water partition coefficient (Wildman–Crippen LogP) is 4.34. The predicted molar refractivity (Wildman–Crippen MR) is 79.7 cm³/mol. The highest BCUT2D eigenvalue weighted by molar-refractivity contribution is 6.31. The Hall–Kier alpha value is -1.58. The van der Waals surface area contributed by atoms with Crippen LogP contribution in [0.2, 0.25) is 5.02 Å². The fourth-order valence-corrected chi connectivity index (χ4v) is 2.30. The van der Waals surface area contributed by atoms with Gasteiger partial charge in [0.05, 0.1) is 7.11 Å². The summed E-state index contributed by atoms with van der Waals surface area (Å²) >= 11 is 6.14. The van der Waals surface area contributed by atoms with Crippen LogP contribution in [0.1, 0.15) is 24.1 Å². The monoisotopic (exact) mass is 293 g/mol. The Bertz CT molecular complexity index is 588. The third kappa shape index (κ3) is 3.50. The van der Waals surface area contributed by atoms with Crippen molar-refractivity contribution in [3.63, 3.8) is 0 Å². The lowest BCUT2D eigenvalue weighted by molar-refractivity contribution is 0.410. The Morgan fingerprint density at radius 3 is 2.65 bits per heavy atom. The maximum Gasteiger partial charge on any atom is 0.131 e. The van der Waals surface area contributed by atoms with Gasteiger partial charge in [-0.3, -0.25) is 0 Å². The summed E-state index contributed by atoms with van der Waals surface area (Å²) in [5.41, 5.74) is 1.60. The molecular weight excluding hydrogens is 277 g/mol. The Kier molecular flexibility index (Phi) is 4.99. The van der Waals surface area contributed by atoms with Gasteiger partial charge >= 0.3 is 0 Å². The maximum absolute atomic E-state index is 13.8. The number of nitrogens with one attached hydrogen (secondary N) is 1. The van der Waals surface area contributed by atoms with Gasteiger partial charge in [0, 0.05) is 29.2 Å². The standard InChI is InChI=1S/C16H17ClFNO/c1-11(14-5-3-4-6-15(14)17)19-10-12-7-8-13(20-2)9-16(12)18/h3-9,11,19H,10H2,1-2H3/t11-/m0/s1. The molecule has 0 aromatic heterocycles. The highest BCUT2D eigenvalue weighted by Gasteiger charge is 2.10. The molecule has 2 rings (SSSR count). The zero-order chi connectivity index (χ0) is 14.5. The first-order valence-corrected chi connectivity index (χ1v) is 6.80. The lowest BCUT2D eigenvalue weighted by Crippen LogP contribution is -2.19. The minimum absolute atomic E-state index is 0.0465. The van der Waals surface area contributed by atoms with Crippen molar-refractivity contribution in [3.05, 3.63) is 64.4 Å². The zero-order valence-electron chi connectivity index (χ0n) is 11.5. The van der Waals surface area contributed by atoms with E-state index in [0.717, 1.165) is 5.56 Å². The fourth-order valence-electron chi connectivity index (χ4n) is 2.00. The smallest absolute Gasteiger partial charge is 0.131 e. The van der Waals surface area contributed by atoms with Crippen molar-refractivity contribution in [1.29, 1.82) is 0 Å². The first kappa shape index (κ1) is 14.8. The molecule has 2 nitrogen and oxygen atoms in total. The molecule has 0 bridgehead atoms. The van der Waals surface area contributed by atoms with Crippen molar-refractivity contribution >= 4 is 11.6 Å². The van der Waals surface area contributed by atoms with E-state index in [0.29, 0.717) is 22.9 Å². The molecule has 0 aliphatic rings. The van der Waals surface area contributed by atoms with Crippen LogP contribution in [0.5, 0.6) is 5.75 Å². The van der Waals surface area contributed by atoms with Gasteiger partial charge in [-0.2, -0.15) is 0 Å². The van der Waals surface area contributed by atoms with Crippen molar-refractivity contribution in [1.82, 2.24) is 5.32 Å². The Balaban J connectivity index is 2.04. The van der Waals surface area contributed by atoms with E-state index in [1.165, 1.54) is 13.2 Å². The zero-order valence-corrected chi connectivity index (χ0v) is 12.2. The van der Waals surface area contributed by atoms with E-state index < -0.39 is 0 Å². The molecule has 2 aromatic rings. The average molecular weight is 294 g/mol. The minimum atomic E-state index is -0.275. The summed E-state index contributed by atoms with van der Waals surface area (Å²) in [6.45, 7) is 2.44. The summed E-state index contributed by atoms with van der Waals surface area (Å²) < 4.78 is 18.8. The molecule has 0 spiro atoms. The molecule has 20 heavy (non-hydrogen) atoms. The summed E-state index contributed by atoms with van der Waals surface area (Å²) in [5.74, 6) is 0.244. The van der Waals surface area contributed by atoms with E-state index in [9.17, 15) is 4.39 Å². The van der Waals surface area contributed by atoms with Gasteiger partial charge in [0.15, 0.2) is 0 Å². The molecule has 0 saturated carbocycles. The van der Waals surface area contributed by atoms with Crippen molar-refractivity contribution in [2.45, 2.75) is 19.5 Å². The quantitative estimate of drug-likeness (QED) is 0.885. The molecule has 0 aliphatic carbocycles. The number of hydrogen-bond acceptors (Lipinski definition) is 2. The van der Waals surface area contributed by atoms with Crippen molar-refractivity contribution in [2.24, 2.45) is 0 Å². The maximum atomic E-state index is 13.8. The summed E-state index contributed by atoms with van der Waals surface area (Å²) in [5, 5.41) is 3.98. The summed E-state index contributed by atoms with van der Waals surface area (Å²) in [4.78, 5) is 0. The number of benzene rings is 2. The van der Waals surface area contributed by atoms with Crippen LogP contribution in [0, 0.1) is 5.82 Å². The second-order valence-electron chi connectivity index (χ2n) is 4.58. The van der Waals surface area contributed by atoms with Crippen LogP contribution in [0.15, 0.2) is 42.5 Å². The number of rotatable bonds is 5. The van der Waals surface area contributed by atoms with Gasteiger partial charge in [0.25, 0.3) is 0 Å². The number of methoxy groups -OCH3 is 1. The average Bonchev–Trinajstić information content (AvgIpc) is 2.46. The topological polar surface area (TPSA) is 21.3 Å². The second-order valence-corrected chi connectivity index (χ2v) is 4.99. The van der Waals surface area contributed by atoms with Crippen LogP contribution < -0.4 is 10.1 Å². The van der Waals surface area contributed by atoms with Crippen LogP contribution >= 0.6 is 11.6 Å². The third-order valence-corrected chi connectivity index (χ3v) is 3.57. The summed E-state index contributed by atoms with van der Waals surface area (Å²) in [6, 6.07) is 12.5. The summed E-state index contributed by atoms with van der Waals surface area (Å²) in [6.07, 6.45) is 0. The van der Waals surface area contributed by atoms with E-state index in [2.05, 4.69) is 5.32 Å². The van der Waals surface area contributed by atoms with Gasteiger partial charge in [0.1, 0.15) is 11.6 Å². The van der Waals surface area contributed by atoms with Crippen molar-refractivity contribution in [3.8, 4) is 5.75 Å². The molecular formula is C16H17ClFNO. The van der Waals surface area contributed by atoms with Gasteiger partial charge < -0.3 is 10.1 Å².